The zero-order valence-corrected chi connectivity index (χ0v) is 12.9. The van der Waals surface area contributed by atoms with E-state index < -0.39 is 11.9 Å². The van der Waals surface area contributed by atoms with E-state index in [1.165, 1.54) is 6.42 Å². The van der Waals surface area contributed by atoms with Crippen molar-refractivity contribution in [3.05, 3.63) is 0 Å². The number of ether oxygens (including phenoxy) is 1. The molecule has 1 amide bonds. The van der Waals surface area contributed by atoms with E-state index in [0.29, 0.717) is 19.4 Å². The molecule has 2 unspecified atom stereocenters. The minimum atomic E-state index is -0.851. The molecule has 2 aliphatic carbocycles. The molecule has 2 saturated carbocycles. The summed E-state index contributed by atoms with van der Waals surface area (Å²) in [7, 11) is 0. The molecule has 2 fully saturated rings. The molecular weight excluding hydrogens is 270 g/mol. The number of amides is 1. The zero-order valence-electron chi connectivity index (χ0n) is 12.9. The maximum Gasteiger partial charge on any atom is 0.307 e. The van der Waals surface area contributed by atoms with Crippen molar-refractivity contribution in [2.45, 2.75) is 63.9 Å². The van der Waals surface area contributed by atoms with Crippen LogP contribution in [0.4, 0.5) is 0 Å². The van der Waals surface area contributed by atoms with Crippen molar-refractivity contribution < 1.29 is 19.4 Å². The first-order valence-corrected chi connectivity index (χ1v) is 8.22. The minimum Gasteiger partial charge on any atom is -0.481 e. The fraction of sp³-hybridized carbons (Fsp3) is 0.875. The van der Waals surface area contributed by atoms with Gasteiger partial charge in [-0.2, -0.15) is 0 Å². The van der Waals surface area contributed by atoms with Gasteiger partial charge in [0, 0.05) is 13.2 Å². The lowest BCUT2D eigenvalue weighted by molar-refractivity contribution is -0.153. The maximum absolute atomic E-state index is 12.2. The molecule has 5 heteroatoms. The SMILES string of the molecule is CCCOC1(CNC(=O)C2CCC2C(=O)O)CCCCC1. The second-order valence-electron chi connectivity index (χ2n) is 6.44. The molecule has 0 spiro atoms. The van der Waals surface area contributed by atoms with Gasteiger partial charge in [0.2, 0.25) is 5.91 Å². The fourth-order valence-corrected chi connectivity index (χ4v) is 3.38. The molecule has 2 atom stereocenters. The molecule has 0 aromatic rings. The first-order chi connectivity index (χ1) is 10.1. The molecule has 0 heterocycles. The molecule has 0 saturated heterocycles. The highest BCUT2D eigenvalue weighted by Gasteiger charge is 2.42. The largest absolute Gasteiger partial charge is 0.481 e. The van der Waals surface area contributed by atoms with Crippen LogP contribution in [0.2, 0.25) is 0 Å². The Kier molecular flexibility index (Phi) is 5.62. The molecule has 2 N–H and O–H groups in total. The first-order valence-electron chi connectivity index (χ1n) is 8.22. The predicted molar refractivity (Wildman–Crippen MR) is 78.9 cm³/mol. The van der Waals surface area contributed by atoms with E-state index in [4.69, 9.17) is 9.84 Å². The van der Waals surface area contributed by atoms with Crippen LogP contribution in [-0.4, -0.2) is 35.7 Å². The van der Waals surface area contributed by atoms with Crippen molar-refractivity contribution in [1.29, 1.82) is 0 Å². The third-order valence-corrected chi connectivity index (χ3v) is 4.89. The van der Waals surface area contributed by atoms with Crippen LogP contribution in [-0.2, 0) is 14.3 Å². The third-order valence-electron chi connectivity index (χ3n) is 4.89. The van der Waals surface area contributed by atoms with E-state index in [9.17, 15) is 9.59 Å². The number of hydrogen-bond acceptors (Lipinski definition) is 3. The highest BCUT2D eigenvalue weighted by atomic mass is 16.5. The summed E-state index contributed by atoms with van der Waals surface area (Å²) in [4.78, 5) is 23.2. The van der Waals surface area contributed by atoms with Gasteiger partial charge in [0.15, 0.2) is 0 Å². The third kappa shape index (κ3) is 3.96. The van der Waals surface area contributed by atoms with Crippen molar-refractivity contribution in [3.63, 3.8) is 0 Å². The van der Waals surface area contributed by atoms with Crippen LogP contribution in [0.25, 0.3) is 0 Å². The van der Waals surface area contributed by atoms with Crippen LogP contribution in [0, 0.1) is 11.8 Å². The minimum absolute atomic E-state index is 0.112. The number of carbonyl (C=O) groups excluding carboxylic acids is 1. The van der Waals surface area contributed by atoms with E-state index in [2.05, 4.69) is 12.2 Å². The summed E-state index contributed by atoms with van der Waals surface area (Å²) in [5, 5.41) is 12.0. The van der Waals surface area contributed by atoms with Crippen molar-refractivity contribution in [3.8, 4) is 0 Å². The summed E-state index contributed by atoms with van der Waals surface area (Å²) in [6, 6.07) is 0. The Morgan fingerprint density at radius 3 is 2.38 bits per heavy atom. The quantitative estimate of drug-likeness (QED) is 0.756. The van der Waals surface area contributed by atoms with Crippen LogP contribution >= 0.6 is 0 Å². The van der Waals surface area contributed by atoms with Gasteiger partial charge in [-0.25, -0.2) is 0 Å². The Balaban J connectivity index is 1.86. The van der Waals surface area contributed by atoms with Crippen molar-refractivity contribution in [2.75, 3.05) is 13.2 Å². The summed E-state index contributed by atoms with van der Waals surface area (Å²) in [5.74, 6) is -1.81. The summed E-state index contributed by atoms with van der Waals surface area (Å²) in [5.41, 5.74) is -0.230. The summed E-state index contributed by atoms with van der Waals surface area (Å²) in [6.45, 7) is 3.33. The topological polar surface area (TPSA) is 75.6 Å². The smallest absolute Gasteiger partial charge is 0.307 e. The Bertz CT molecular complexity index is 376. The van der Waals surface area contributed by atoms with E-state index >= 15 is 0 Å². The highest BCUT2D eigenvalue weighted by molar-refractivity contribution is 5.86. The number of hydrogen-bond donors (Lipinski definition) is 2. The molecule has 2 rings (SSSR count). The van der Waals surface area contributed by atoms with E-state index in [-0.39, 0.29) is 17.4 Å². The van der Waals surface area contributed by atoms with Crippen molar-refractivity contribution in [2.24, 2.45) is 11.8 Å². The number of carbonyl (C=O) groups is 2. The van der Waals surface area contributed by atoms with Crippen LogP contribution in [0.5, 0.6) is 0 Å². The lowest BCUT2D eigenvalue weighted by atomic mass is 9.73. The second kappa shape index (κ2) is 7.25. The first kappa shape index (κ1) is 16.3. The van der Waals surface area contributed by atoms with E-state index in [0.717, 1.165) is 38.7 Å². The lowest BCUT2D eigenvalue weighted by Crippen LogP contribution is -2.51. The number of carboxylic acid groups (broad SMARTS) is 1. The number of aliphatic carboxylic acids is 1. The second-order valence-corrected chi connectivity index (χ2v) is 6.44. The van der Waals surface area contributed by atoms with Crippen LogP contribution in [0.1, 0.15) is 58.3 Å². The Labute approximate surface area is 126 Å². The average Bonchev–Trinajstić information content (AvgIpc) is 2.42. The normalized spacial score (nSPS) is 27.7. The Morgan fingerprint density at radius 2 is 1.86 bits per heavy atom. The van der Waals surface area contributed by atoms with Gasteiger partial charge in [0.25, 0.3) is 0 Å². The summed E-state index contributed by atoms with van der Waals surface area (Å²) < 4.78 is 6.04. The van der Waals surface area contributed by atoms with Gasteiger partial charge in [-0.1, -0.05) is 26.2 Å². The van der Waals surface area contributed by atoms with Gasteiger partial charge in [-0.05, 0) is 32.1 Å². The Hall–Kier alpha value is -1.10. The number of carboxylic acids is 1. The van der Waals surface area contributed by atoms with Gasteiger partial charge in [-0.15, -0.1) is 0 Å². The monoisotopic (exact) mass is 297 g/mol. The molecule has 2 aliphatic rings. The van der Waals surface area contributed by atoms with Gasteiger partial charge >= 0.3 is 5.97 Å². The molecule has 0 bridgehead atoms. The molecule has 0 radical (unpaired) electrons. The van der Waals surface area contributed by atoms with Gasteiger partial charge in [0.1, 0.15) is 0 Å². The fourth-order valence-electron chi connectivity index (χ4n) is 3.38. The molecule has 21 heavy (non-hydrogen) atoms. The standard InChI is InChI=1S/C16H27NO4/c1-2-10-21-16(8-4-3-5-9-16)11-17-14(18)12-6-7-13(12)15(19)20/h12-13H,2-11H2,1H3,(H,17,18)(H,19,20). The van der Waals surface area contributed by atoms with E-state index in [1.807, 2.05) is 0 Å². The molecule has 0 aliphatic heterocycles. The highest BCUT2D eigenvalue weighted by Crippen LogP contribution is 2.35. The summed E-state index contributed by atoms with van der Waals surface area (Å²) >= 11 is 0. The maximum atomic E-state index is 12.2. The predicted octanol–water partition coefficient (Wildman–Crippen LogP) is 2.34. The van der Waals surface area contributed by atoms with Gasteiger partial charge in [0.05, 0.1) is 17.4 Å². The van der Waals surface area contributed by atoms with Crippen LogP contribution in [0.15, 0.2) is 0 Å². The van der Waals surface area contributed by atoms with Crippen molar-refractivity contribution in [1.82, 2.24) is 5.32 Å². The molecular formula is C16H27NO4. The molecule has 0 aromatic heterocycles. The molecule has 5 nitrogen and oxygen atoms in total. The van der Waals surface area contributed by atoms with Crippen LogP contribution in [0.3, 0.4) is 0 Å². The Morgan fingerprint density at radius 1 is 1.19 bits per heavy atom. The van der Waals surface area contributed by atoms with Gasteiger partial charge in [-0.3, -0.25) is 9.59 Å². The van der Waals surface area contributed by atoms with Crippen molar-refractivity contribution >= 4 is 11.9 Å². The lowest BCUT2D eigenvalue weighted by Gasteiger charge is -2.39. The zero-order chi connectivity index (χ0) is 15.3. The average molecular weight is 297 g/mol. The summed E-state index contributed by atoms with van der Waals surface area (Å²) in [6.07, 6.45) is 7.76. The molecule has 120 valence electrons. The van der Waals surface area contributed by atoms with E-state index in [1.54, 1.807) is 0 Å². The molecule has 0 aromatic carbocycles. The van der Waals surface area contributed by atoms with Crippen LogP contribution < -0.4 is 5.32 Å². The van der Waals surface area contributed by atoms with Gasteiger partial charge < -0.3 is 15.2 Å². The number of nitrogens with one attached hydrogen (secondary N) is 1. The number of rotatable bonds is 7.